The summed E-state index contributed by atoms with van der Waals surface area (Å²) in [5.41, 5.74) is 4.70. The van der Waals surface area contributed by atoms with Gasteiger partial charge in [0.2, 0.25) is 11.8 Å². The number of carbonyl (C=O) groups excluding carboxylic acids is 3. The van der Waals surface area contributed by atoms with Crippen LogP contribution in [-0.4, -0.2) is 48.6 Å². The Morgan fingerprint density at radius 1 is 0.744 bits per heavy atom. The van der Waals surface area contributed by atoms with Crippen LogP contribution in [0.1, 0.15) is 35.4 Å². The van der Waals surface area contributed by atoms with Crippen LogP contribution < -0.4 is 21.3 Å². The molecule has 5 N–H and O–H groups in total. The third-order valence-electron chi connectivity index (χ3n) is 6.11. The monoisotopic (exact) mass is 530 g/mol. The summed E-state index contributed by atoms with van der Waals surface area (Å²) in [6.45, 7) is 2.35. The molecule has 3 rings (SSSR count). The highest BCUT2D eigenvalue weighted by Crippen LogP contribution is 2.23. The predicted octanol–water partition coefficient (Wildman–Crippen LogP) is 3.34. The SMILES string of the molecule is Cc1ccc(CNC(=O)NCCCC(=O)NCC(=O)NCC(C(=O)O)c2ccc(-c3ccccc3)cc2)cc1. The van der Waals surface area contributed by atoms with E-state index in [-0.39, 0.29) is 31.4 Å². The van der Waals surface area contributed by atoms with Gasteiger partial charge in [-0.3, -0.25) is 14.4 Å². The number of nitrogens with one attached hydrogen (secondary N) is 4. The summed E-state index contributed by atoms with van der Waals surface area (Å²) >= 11 is 0. The van der Waals surface area contributed by atoms with Gasteiger partial charge in [0.05, 0.1) is 12.5 Å². The first-order valence-electron chi connectivity index (χ1n) is 12.8. The van der Waals surface area contributed by atoms with Gasteiger partial charge in [-0.1, -0.05) is 84.4 Å². The molecule has 9 heteroatoms. The number of carbonyl (C=O) groups is 4. The first-order chi connectivity index (χ1) is 18.8. The minimum Gasteiger partial charge on any atom is -0.481 e. The van der Waals surface area contributed by atoms with Gasteiger partial charge in [-0.05, 0) is 35.6 Å². The number of aliphatic carboxylic acids is 1. The summed E-state index contributed by atoms with van der Waals surface area (Å²) in [6, 6.07) is 24.4. The maximum absolute atomic E-state index is 12.2. The third-order valence-corrected chi connectivity index (χ3v) is 6.11. The standard InChI is InChI=1S/C30H34N4O5/c1-21-9-11-22(12-10-21)18-34-30(39)31-17-5-8-27(35)33-20-28(36)32-19-26(29(37)38)25-15-13-24(14-16-25)23-6-3-2-4-7-23/h2-4,6-7,9-16,26H,5,8,17-20H2,1H3,(H,32,36)(H,33,35)(H,37,38)(H2,31,34,39). The molecule has 0 radical (unpaired) electrons. The first kappa shape index (κ1) is 28.9. The topological polar surface area (TPSA) is 137 Å². The molecule has 9 nitrogen and oxygen atoms in total. The number of carboxylic acid groups (broad SMARTS) is 1. The zero-order chi connectivity index (χ0) is 28.0. The predicted molar refractivity (Wildman–Crippen MR) is 149 cm³/mol. The Morgan fingerprint density at radius 3 is 2.08 bits per heavy atom. The van der Waals surface area contributed by atoms with Crippen molar-refractivity contribution < 1.29 is 24.3 Å². The molecular weight excluding hydrogens is 496 g/mol. The lowest BCUT2D eigenvalue weighted by molar-refractivity contribution is -0.138. The van der Waals surface area contributed by atoms with E-state index < -0.39 is 17.8 Å². The van der Waals surface area contributed by atoms with Crippen LogP contribution in [0, 0.1) is 6.92 Å². The number of rotatable bonds is 13. The minimum atomic E-state index is -1.05. The highest BCUT2D eigenvalue weighted by molar-refractivity contribution is 5.85. The summed E-state index contributed by atoms with van der Waals surface area (Å²) in [7, 11) is 0. The molecule has 4 amide bonds. The van der Waals surface area contributed by atoms with Crippen LogP contribution in [0.5, 0.6) is 0 Å². The van der Waals surface area contributed by atoms with E-state index in [9.17, 15) is 24.3 Å². The summed E-state index contributed by atoms with van der Waals surface area (Å²) in [6.07, 6.45) is 0.544. The van der Waals surface area contributed by atoms with Crippen LogP contribution in [0.25, 0.3) is 11.1 Å². The first-order valence-corrected chi connectivity index (χ1v) is 12.8. The number of carboxylic acids is 1. The van der Waals surface area contributed by atoms with E-state index >= 15 is 0 Å². The highest BCUT2D eigenvalue weighted by Gasteiger charge is 2.21. The number of hydrogen-bond donors (Lipinski definition) is 5. The Bertz CT molecular complexity index is 1240. The van der Waals surface area contributed by atoms with Crippen LogP contribution in [0.2, 0.25) is 0 Å². The van der Waals surface area contributed by atoms with Crippen LogP contribution in [0.15, 0.2) is 78.9 Å². The van der Waals surface area contributed by atoms with Gasteiger partial charge in [0.1, 0.15) is 0 Å². The van der Waals surface area contributed by atoms with Gasteiger partial charge >= 0.3 is 12.0 Å². The van der Waals surface area contributed by atoms with E-state index in [2.05, 4.69) is 21.3 Å². The number of aryl methyl sites for hydroxylation is 1. The fourth-order valence-corrected chi connectivity index (χ4v) is 3.83. The van der Waals surface area contributed by atoms with Crippen molar-refractivity contribution in [2.45, 2.75) is 32.2 Å². The molecule has 0 aliphatic rings. The van der Waals surface area contributed by atoms with Crippen LogP contribution >= 0.6 is 0 Å². The fourth-order valence-electron chi connectivity index (χ4n) is 3.83. The molecule has 0 fully saturated rings. The van der Waals surface area contributed by atoms with Crippen LogP contribution in [0.4, 0.5) is 4.79 Å². The van der Waals surface area contributed by atoms with Crippen molar-refractivity contribution in [1.82, 2.24) is 21.3 Å². The molecule has 0 bridgehead atoms. The summed E-state index contributed by atoms with van der Waals surface area (Å²) in [4.78, 5) is 47.9. The van der Waals surface area contributed by atoms with Gasteiger partial charge in [0.15, 0.2) is 0 Å². The highest BCUT2D eigenvalue weighted by atomic mass is 16.4. The van der Waals surface area contributed by atoms with Crippen molar-refractivity contribution in [1.29, 1.82) is 0 Å². The second-order valence-electron chi connectivity index (χ2n) is 9.16. The van der Waals surface area contributed by atoms with E-state index in [0.717, 1.165) is 22.3 Å². The van der Waals surface area contributed by atoms with Gasteiger partial charge in [0, 0.05) is 26.1 Å². The summed E-state index contributed by atoms with van der Waals surface area (Å²) in [5, 5.41) is 20.2. The molecule has 3 aromatic rings. The van der Waals surface area contributed by atoms with Crippen LogP contribution in [0.3, 0.4) is 0 Å². The zero-order valence-electron chi connectivity index (χ0n) is 21.9. The zero-order valence-corrected chi connectivity index (χ0v) is 21.9. The van der Waals surface area contributed by atoms with Crippen molar-refractivity contribution in [2.75, 3.05) is 19.6 Å². The average Bonchev–Trinajstić information content (AvgIpc) is 2.94. The van der Waals surface area contributed by atoms with Crippen molar-refractivity contribution in [3.8, 4) is 11.1 Å². The van der Waals surface area contributed by atoms with E-state index in [1.54, 1.807) is 12.1 Å². The van der Waals surface area contributed by atoms with Crippen LogP contribution in [-0.2, 0) is 20.9 Å². The molecule has 0 aliphatic carbocycles. The lowest BCUT2D eigenvalue weighted by atomic mass is 9.96. The molecular formula is C30H34N4O5. The molecule has 1 atom stereocenters. The lowest BCUT2D eigenvalue weighted by Crippen LogP contribution is -2.40. The van der Waals surface area contributed by atoms with Gasteiger partial charge in [-0.15, -0.1) is 0 Å². The molecule has 39 heavy (non-hydrogen) atoms. The number of benzene rings is 3. The van der Waals surface area contributed by atoms with Gasteiger partial charge in [-0.2, -0.15) is 0 Å². The largest absolute Gasteiger partial charge is 0.481 e. The normalized spacial score (nSPS) is 11.2. The molecule has 0 saturated carbocycles. The second-order valence-corrected chi connectivity index (χ2v) is 9.16. The Kier molecular flexibility index (Phi) is 11.1. The average molecular weight is 531 g/mol. The molecule has 3 aromatic carbocycles. The van der Waals surface area contributed by atoms with E-state index in [1.165, 1.54) is 0 Å². The molecule has 1 unspecified atom stereocenters. The number of amides is 4. The Morgan fingerprint density at radius 2 is 1.41 bits per heavy atom. The number of urea groups is 1. The molecule has 0 aliphatic heterocycles. The third kappa shape index (κ3) is 9.96. The van der Waals surface area contributed by atoms with Crippen molar-refractivity contribution in [3.05, 3.63) is 95.6 Å². The fraction of sp³-hybridized carbons (Fsp3) is 0.267. The van der Waals surface area contributed by atoms with Crippen molar-refractivity contribution >= 4 is 23.8 Å². The van der Waals surface area contributed by atoms with Gasteiger partial charge in [0.25, 0.3) is 0 Å². The Balaban J connectivity index is 1.31. The summed E-state index contributed by atoms with van der Waals surface area (Å²) < 4.78 is 0. The van der Waals surface area contributed by atoms with E-state index in [4.69, 9.17) is 0 Å². The molecule has 0 heterocycles. The minimum absolute atomic E-state index is 0.101. The molecule has 204 valence electrons. The molecule has 0 saturated heterocycles. The smallest absolute Gasteiger partial charge is 0.315 e. The van der Waals surface area contributed by atoms with Gasteiger partial charge in [-0.25, -0.2) is 4.79 Å². The maximum Gasteiger partial charge on any atom is 0.315 e. The Hall–Kier alpha value is -4.66. The van der Waals surface area contributed by atoms with Crippen molar-refractivity contribution in [3.63, 3.8) is 0 Å². The maximum atomic E-state index is 12.2. The lowest BCUT2D eigenvalue weighted by Gasteiger charge is -2.15. The van der Waals surface area contributed by atoms with Crippen molar-refractivity contribution in [2.24, 2.45) is 0 Å². The Labute approximate surface area is 228 Å². The quantitative estimate of drug-likeness (QED) is 0.216. The summed E-state index contributed by atoms with van der Waals surface area (Å²) in [5.74, 6) is -2.79. The second kappa shape index (κ2) is 14.9. The molecule has 0 spiro atoms. The molecule has 0 aromatic heterocycles. The number of hydrogen-bond acceptors (Lipinski definition) is 4. The van der Waals surface area contributed by atoms with Gasteiger partial charge < -0.3 is 26.4 Å². The van der Waals surface area contributed by atoms with E-state index in [1.807, 2.05) is 73.7 Å². The van der Waals surface area contributed by atoms with E-state index in [0.29, 0.717) is 25.1 Å².